The molecule has 1 aliphatic rings. The highest BCUT2D eigenvalue weighted by atomic mass is 32.2. The Balaban J connectivity index is 1.95. The maximum Gasteiger partial charge on any atom is 0.415 e. The third-order valence-electron chi connectivity index (χ3n) is 4.20. The van der Waals surface area contributed by atoms with Crippen LogP contribution in [-0.4, -0.2) is 52.2 Å². The summed E-state index contributed by atoms with van der Waals surface area (Å²) in [6.07, 6.45) is -0.884. The summed E-state index contributed by atoms with van der Waals surface area (Å²) in [6.45, 7) is 2.09. The number of imide groups is 2. The highest BCUT2D eigenvalue weighted by Gasteiger charge is 2.33. The fourth-order valence-corrected chi connectivity index (χ4v) is 3.22. The molecule has 0 saturated heterocycles. The molecule has 2 aromatic rings. The number of nitrogens with zero attached hydrogens (tertiary/aromatic N) is 2. The first-order valence-corrected chi connectivity index (χ1v) is 9.44. The van der Waals surface area contributed by atoms with Crippen LogP contribution in [0.4, 0.5) is 15.3 Å². The van der Waals surface area contributed by atoms with Crippen LogP contribution in [0.1, 0.15) is 27.6 Å². The van der Waals surface area contributed by atoms with E-state index in [0.717, 1.165) is 4.90 Å². The molecule has 1 heterocycles. The molecule has 0 bridgehead atoms. The minimum absolute atomic E-state index is 0.0987. The van der Waals surface area contributed by atoms with Crippen LogP contribution >= 0.6 is 25.6 Å². The Labute approximate surface area is 177 Å². The minimum Gasteiger partial charge on any atom is -0.450 e. The number of benzene rings is 2. The van der Waals surface area contributed by atoms with Gasteiger partial charge in [0.05, 0.1) is 12.2 Å². The van der Waals surface area contributed by atoms with Gasteiger partial charge in [-0.2, -0.15) is 3.71 Å². The van der Waals surface area contributed by atoms with E-state index >= 15 is 0 Å². The second-order valence-electron chi connectivity index (χ2n) is 6.08. The van der Waals surface area contributed by atoms with Gasteiger partial charge in [0.2, 0.25) is 0 Å². The zero-order valence-electron chi connectivity index (χ0n) is 15.3. The maximum atomic E-state index is 13.0. The van der Waals surface area contributed by atoms with E-state index in [0.29, 0.717) is 22.0 Å². The van der Waals surface area contributed by atoms with Crippen molar-refractivity contribution in [3.05, 3.63) is 41.5 Å². The van der Waals surface area contributed by atoms with Gasteiger partial charge in [-0.25, -0.2) is 14.9 Å². The molecule has 3 rings (SSSR count). The van der Waals surface area contributed by atoms with Gasteiger partial charge in [-0.1, -0.05) is 37.8 Å². The van der Waals surface area contributed by atoms with Crippen LogP contribution in [0, 0.1) is 0 Å². The van der Waals surface area contributed by atoms with Crippen LogP contribution in [0.15, 0.2) is 30.3 Å². The molecule has 0 aromatic heterocycles. The van der Waals surface area contributed by atoms with Gasteiger partial charge in [0, 0.05) is 29.7 Å². The standard InChI is InChI=1S/C18H18N4O5S2/c1-2-27-18(26)20-17(25)19-11-8-10-4-3-5-12-14(10)13(9-11)16(24)21(15(12)23)6-7-22(28)29/h3-5,8-9,28-29H,2,6-7H2,1H3,(H2,19,20,25,26). The lowest BCUT2D eigenvalue weighted by Gasteiger charge is -2.28. The van der Waals surface area contributed by atoms with Crippen molar-refractivity contribution in [1.29, 1.82) is 0 Å². The summed E-state index contributed by atoms with van der Waals surface area (Å²) in [7, 11) is 0. The molecule has 0 unspecified atom stereocenters. The van der Waals surface area contributed by atoms with Crippen LogP contribution in [0.3, 0.4) is 0 Å². The molecular weight excluding hydrogens is 416 g/mol. The van der Waals surface area contributed by atoms with Crippen molar-refractivity contribution in [3.63, 3.8) is 0 Å². The summed E-state index contributed by atoms with van der Waals surface area (Å²) in [5.74, 6) is -0.894. The maximum absolute atomic E-state index is 13.0. The van der Waals surface area contributed by atoms with Crippen molar-refractivity contribution < 1.29 is 23.9 Å². The quantitative estimate of drug-likeness (QED) is 0.426. The minimum atomic E-state index is -0.884. The smallest absolute Gasteiger partial charge is 0.415 e. The second-order valence-corrected chi connectivity index (χ2v) is 7.37. The molecule has 9 nitrogen and oxygen atoms in total. The molecule has 11 heteroatoms. The zero-order chi connectivity index (χ0) is 21.1. The number of carbonyl (C=O) groups excluding carboxylic acids is 4. The first kappa shape index (κ1) is 21.0. The number of anilines is 1. The second kappa shape index (κ2) is 8.72. The fraction of sp³-hybridized carbons (Fsp3) is 0.222. The van der Waals surface area contributed by atoms with Crippen LogP contribution in [0.25, 0.3) is 10.8 Å². The van der Waals surface area contributed by atoms with Crippen LogP contribution < -0.4 is 10.6 Å². The van der Waals surface area contributed by atoms with E-state index < -0.39 is 23.9 Å². The predicted octanol–water partition coefficient (Wildman–Crippen LogP) is 2.71. The number of ether oxygens (including phenoxy) is 1. The average molecular weight is 434 g/mol. The molecule has 1 aliphatic heterocycles. The molecule has 5 amide bonds. The molecular formula is C18H18N4O5S2. The Bertz CT molecular complexity index is 1010. The van der Waals surface area contributed by atoms with Crippen molar-refractivity contribution in [2.75, 3.05) is 25.0 Å². The zero-order valence-corrected chi connectivity index (χ0v) is 17.1. The number of rotatable bonds is 5. The molecule has 0 aliphatic carbocycles. The van der Waals surface area contributed by atoms with Gasteiger partial charge in [-0.3, -0.25) is 14.5 Å². The number of carbonyl (C=O) groups is 4. The predicted molar refractivity (Wildman–Crippen MR) is 113 cm³/mol. The Kier molecular flexibility index (Phi) is 6.30. The molecule has 0 saturated carbocycles. The fourth-order valence-electron chi connectivity index (χ4n) is 3.04. The lowest BCUT2D eigenvalue weighted by molar-refractivity contribution is 0.0610. The molecule has 0 radical (unpaired) electrons. The Hall–Kier alpha value is -2.76. The van der Waals surface area contributed by atoms with E-state index in [4.69, 9.17) is 0 Å². The lowest BCUT2D eigenvalue weighted by Crippen LogP contribution is -2.43. The lowest BCUT2D eigenvalue weighted by atomic mass is 9.93. The average Bonchev–Trinajstić information content (AvgIpc) is 2.65. The monoisotopic (exact) mass is 434 g/mol. The topological polar surface area (TPSA) is 108 Å². The molecule has 2 aromatic carbocycles. The molecule has 29 heavy (non-hydrogen) atoms. The first-order chi connectivity index (χ1) is 13.8. The third kappa shape index (κ3) is 4.47. The summed E-state index contributed by atoms with van der Waals surface area (Å²) >= 11 is 8.02. The van der Waals surface area contributed by atoms with E-state index in [1.165, 1.54) is 9.78 Å². The number of hydrogen-bond donors (Lipinski definition) is 4. The normalized spacial score (nSPS) is 13.0. The molecule has 152 valence electrons. The van der Waals surface area contributed by atoms with E-state index in [-0.39, 0.29) is 25.3 Å². The van der Waals surface area contributed by atoms with Crippen molar-refractivity contribution in [1.82, 2.24) is 13.9 Å². The van der Waals surface area contributed by atoms with Crippen molar-refractivity contribution in [2.24, 2.45) is 0 Å². The van der Waals surface area contributed by atoms with Gasteiger partial charge >= 0.3 is 12.1 Å². The third-order valence-corrected chi connectivity index (χ3v) is 4.60. The Morgan fingerprint density at radius 1 is 1.14 bits per heavy atom. The number of nitrogens with one attached hydrogen (secondary N) is 2. The Morgan fingerprint density at radius 3 is 2.55 bits per heavy atom. The highest BCUT2D eigenvalue weighted by molar-refractivity contribution is 7.93. The van der Waals surface area contributed by atoms with E-state index in [1.807, 2.05) is 5.32 Å². The number of amides is 5. The summed E-state index contributed by atoms with van der Waals surface area (Å²) in [6, 6.07) is 7.36. The largest absolute Gasteiger partial charge is 0.450 e. The molecule has 0 atom stereocenters. The first-order valence-electron chi connectivity index (χ1n) is 8.64. The van der Waals surface area contributed by atoms with Gasteiger partial charge in [0.1, 0.15) is 0 Å². The Morgan fingerprint density at radius 2 is 1.86 bits per heavy atom. The van der Waals surface area contributed by atoms with Crippen molar-refractivity contribution >= 4 is 66.0 Å². The number of hydrogen-bond acceptors (Lipinski definition) is 8. The molecule has 0 fully saturated rings. The SMILES string of the molecule is CCOC(=O)NC(=O)Nc1cc2c3c(cccc3c1)C(=O)N(CCN(S)S)C2=O. The number of thiol groups is 2. The van der Waals surface area contributed by atoms with Crippen LogP contribution in [-0.2, 0) is 4.74 Å². The van der Waals surface area contributed by atoms with Gasteiger partial charge in [0.15, 0.2) is 0 Å². The highest BCUT2D eigenvalue weighted by Crippen LogP contribution is 2.32. The summed E-state index contributed by atoms with van der Waals surface area (Å²) in [5, 5.41) is 5.64. The van der Waals surface area contributed by atoms with Crippen LogP contribution in [0.2, 0.25) is 0 Å². The number of urea groups is 1. The van der Waals surface area contributed by atoms with Crippen LogP contribution in [0.5, 0.6) is 0 Å². The molecule has 2 N–H and O–H groups in total. The summed E-state index contributed by atoms with van der Waals surface area (Å²) < 4.78 is 5.93. The van der Waals surface area contributed by atoms with Gasteiger partial charge in [-0.05, 0) is 30.5 Å². The van der Waals surface area contributed by atoms with Gasteiger partial charge < -0.3 is 10.1 Å². The summed E-state index contributed by atoms with van der Waals surface area (Å²) in [5.41, 5.74) is 0.956. The van der Waals surface area contributed by atoms with Crippen molar-refractivity contribution in [3.8, 4) is 0 Å². The van der Waals surface area contributed by atoms with E-state index in [9.17, 15) is 19.2 Å². The van der Waals surface area contributed by atoms with Crippen molar-refractivity contribution in [2.45, 2.75) is 6.92 Å². The van der Waals surface area contributed by atoms with Gasteiger partial charge in [-0.15, -0.1) is 0 Å². The summed E-state index contributed by atoms with van der Waals surface area (Å²) in [4.78, 5) is 50.2. The number of alkyl carbamates (subject to hydrolysis) is 1. The molecule has 0 spiro atoms. The van der Waals surface area contributed by atoms with E-state index in [2.05, 4.69) is 35.7 Å². The van der Waals surface area contributed by atoms with E-state index in [1.54, 1.807) is 31.2 Å². The van der Waals surface area contributed by atoms with Gasteiger partial charge in [0.25, 0.3) is 11.8 Å².